The maximum absolute atomic E-state index is 14.2. The molecule has 164 valence electrons. The topological polar surface area (TPSA) is 128 Å². The lowest BCUT2D eigenvalue weighted by molar-refractivity contribution is 0.00990. The molecule has 0 bridgehead atoms. The van der Waals surface area contributed by atoms with Crippen LogP contribution in [0.1, 0.15) is 54.6 Å². The third kappa shape index (κ3) is 3.78. The highest BCUT2D eigenvalue weighted by Gasteiger charge is 2.32. The van der Waals surface area contributed by atoms with E-state index < -0.39 is 17.3 Å². The van der Waals surface area contributed by atoms with Gasteiger partial charge in [0.2, 0.25) is 5.95 Å². The molecule has 0 unspecified atom stereocenters. The third-order valence-corrected chi connectivity index (χ3v) is 6.06. The number of hydrogen-bond acceptors (Lipinski definition) is 6. The van der Waals surface area contributed by atoms with Gasteiger partial charge in [-0.25, -0.2) is 14.2 Å². The first-order chi connectivity index (χ1) is 14.6. The largest absolute Gasteiger partial charge is 0.390 e. The molecule has 1 amide bonds. The number of primary amides is 1. The third-order valence-electron chi connectivity index (χ3n) is 6.06. The van der Waals surface area contributed by atoms with E-state index >= 15 is 0 Å². The van der Waals surface area contributed by atoms with E-state index in [1.807, 2.05) is 6.92 Å². The molecular formula is C21H25FN6O3. The van der Waals surface area contributed by atoms with Crippen LogP contribution in [0.25, 0.3) is 11.2 Å². The lowest BCUT2D eigenvalue weighted by Gasteiger charge is -2.33. The maximum Gasteiger partial charge on any atom is 0.330 e. The summed E-state index contributed by atoms with van der Waals surface area (Å²) < 4.78 is 17.4. The predicted molar refractivity (Wildman–Crippen MR) is 114 cm³/mol. The summed E-state index contributed by atoms with van der Waals surface area (Å²) in [5.74, 6) is -1.39. The minimum atomic E-state index is -0.843. The molecule has 4 N–H and O–H groups in total. The number of aliphatic hydroxyl groups is 1. The number of benzene rings is 1. The number of hydrogen-bond donors (Lipinski definition) is 3. The van der Waals surface area contributed by atoms with Crippen molar-refractivity contribution in [1.82, 2.24) is 19.1 Å². The predicted octanol–water partition coefficient (Wildman–Crippen LogP) is 2.29. The lowest BCUT2D eigenvalue weighted by atomic mass is 9.83. The van der Waals surface area contributed by atoms with Gasteiger partial charge in [0.1, 0.15) is 11.3 Å². The van der Waals surface area contributed by atoms with E-state index in [1.165, 1.54) is 16.7 Å². The van der Waals surface area contributed by atoms with Crippen molar-refractivity contribution in [2.75, 3.05) is 5.32 Å². The number of aryl methyl sites for hydroxylation is 2. The van der Waals surface area contributed by atoms with Crippen molar-refractivity contribution in [2.24, 2.45) is 12.8 Å². The van der Waals surface area contributed by atoms with Gasteiger partial charge in [-0.05, 0) is 57.2 Å². The number of nitrogens with two attached hydrogens (primary N) is 1. The normalized spacial score (nSPS) is 21.4. The van der Waals surface area contributed by atoms with Crippen molar-refractivity contribution >= 4 is 28.7 Å². The molecule has 0 spiro atoms. The first-order valence-electron chi connectivity index (χ1n) is 10.1. The SMILES string of the molecule is Cc1cc(C(N)=O)c(F)cc1Nc1ncc2c(n1)n(C1CCC(C)(O)CC1)c(=O)n2C. The minimum absolute atomic E-state index is 0.0757. The summed E-state index contributed by atoms with van der Waals surface area (Å²) in [7, 11) is 1.67. The summed E-state index contributed by atoms with van der Waals surface area (Å²) in [6, 6.07) is 2.46. The number of nitrogens with one attached hydrogen (secondary N) is 1. The van der Waals surface area contributed by atoms with Gasteiger partial charge in [-0.2, -0.15) is 4.98 Å². The van der Waals surface area contributed by atoms with Crippen molar-refractivity contribution in [2.45, 2.75) is 51.2 Å². The molecule has 1 aromatic carbocycles. The molecule has 2 aromatic heterocycles. The molecule has 0 atom stereocenters. The number of aromatic nitrogens is 4. The Bertz CT molecular complexity index is 1240. The summed E-state index contributed by atoms with van der Waals surface area (Å²) in [5, 5.41) is 13.2. The van der Waals surface area contributed by atoms with Crippen LogP contribution in [-0.4, -0.2) is 35.7 Å². The van der Waals surface area contributed by atoms with Crippen LogP contribution in [0, 0.1) is 12.7 Å². The van der Waals surface area contributed by atoms with Gasteiger partial charge in [0.25, 0.3) is 5.91 Å². The number of rotatable bonds is 4. The number of amides is 1. The Kier molecular flexibility index (Phi) is 5.04. The Morgan fingerprint density at radius 1 is 1.35 bits per heavy atom. The van der Waals surface area contributed by atoms with Crippen molar-refractivity contribution in [1.29, 1.82) is 0 Å². The monoisotopic (exact) mass is 428 g/mol. The molecule has 10 heteroatoms. The smallest absolute Gasteiger partial charge is 0.330 e. The van der Waals surface area contributed by atoms with E-state index in [0.717, 1.165) is 0 Å². The second kappa shape index (κ2) is 7.45. The van der Waals surface area contributed by atoms with Crippen LogP contribution in [0.3, 0.4) is 0 Å². The van der Waals surface area contributed by atoms with Crippen LogP contribution < -0.4 is 16.7 Å². The van der Waals surface area contributed by atoms with E-state index in [4.69, 9.17) is 5.73 Å². The fourth-order valence-corrected chi connectivity index (χ4v) is 4.13. The Labute approximate surface area is 177 Å². The van der Waals surface area contributed by atoms with Gasteiger partial charge < -0.3 is 16.2 Å². The van der Waals surface area contributed by atoms with Gasteiger partial charge in [0.15, 0.2) is 5.65 Å². The van der Waals surface area contributed by atoms with E-state index in [1.54, 1.807) is 24.7 Å². The first kappa shape index (κ1) is 21.0. The van der Waals surface area contributed by atoms with E-state index in [2.05, 4.69) is 15.3 Å². The molecule has 0 saturated heterocycles. The van der Waals surface area contributed by atoms with Gasteiger partial charge in [-0.1, -0.05) is 0 Å². The Morgan fingerprint density at radius 2 is 2.03 bits per heavy atom. The molecule has 31 heavy (non-hydrogen) atoms. The van der Waals surface area contributed by atoms with Gasteiger partial charge in [0, 0.05) is 18.8 Å². The maximum atomic E-state index is 14.2. The lowest BCUT2D eigenvalue weighted by Crippen LogP contribution is -2.35. The van der Waals surface area contributed by atoms with Gasteiger partial charge in [-0.3, -0.25) is 13.9 Å². The summed E-state index contributed by atoms with van der Waals surface area (Å²) in [6.07, 6.45) is 4.07. The summed E-state index contributed by atoms with van der Waals surface area (Å²) in [4.78, 5) is 33.0. The second-order valence-electron chi connectivity index (χ2n) is 8.48. The van der Waals surface area contributed by atoms with E-state index in [0.29, 0.717) is 48.1 Å². The summed E-state index contributed by atoms with van der Waals surface area (Å²) in [5.41, 5.74) is 6.14. The highest BCUT2D eigenvalue weighted by atomic mass is 19.1. The van der Waals surface area contributed by atoms with Crippen LogP contribution >= 0.6 is 0 Å². The van der Waals surface area contributed by atoms with Gasteiger partial charge in [-0.15, -0.1) is 0 Å². The van der Waals surface area contributed by atoms with Gasteiger partial charge >= 0.3 is 5.69 Å². The van der Waals surface area contributed by atoms with Crippen molar-refractivity contribution in [3.63, 3.8) is 0 Å². The van der Waals surface area contributed by atoms with Crippen LogP contribution in [-0.2, 0) is 7.05 Å². The Hall–Kier alpha value is -3.27. The van der Waals surface area contributed by atoms with Crippen molar-refractivity contribution in [3.05, 3.63) is 45.8 Å². The zero-order chi connectivity index (χ0) is 22.5. The van der Waals surface area contributed by atoms with E-state index in [9.17, 15) is 19.1 Å². The Morgan fingerprint density at radius 3 is 2.68 bits per heavy atom. The number of anilines is 2. The molecule has 0 aliphatic heterocycles. The van der Waals surface area contributed by atoms with Crippen molar-refractivity contribution < 1.29 is 14.3 Å². The average molecular weight is 428 g/mol. The van der Waals surface area contributed by atoms with Crippen LogP contribution in [0.5, 0.6) is 0 Å². The number of nitrogens with zero attached hydrogens (tertiary/aromatic N) is 4. The van der Waals surface area contributed by atoms with Crippen LogP contribution in [0.2, 0.25) is 0 Å². The standard InChI is InChI=1S/C21H25FN6O3/c1-11-8-13(17(23)29)14(22)9-15(11)25-19-24-10-16-18(26-19)28(20(30)27(16)3)12-4-6-21(2,31)7-5-12/h8-10,12,31H,4-7H2,1-3H3,(H2,23,29)(H,24,25,26). The number of carbonyl (C=O) groups is 1. The Balaban J connectivity index is 1.72. The highest BCUT2D eigenvalue weighted by Crippen LogP contribution is 2.35. The fraction of sp³-hybridized carbons (Fsp3) is 0.429. The number of carbonyl (C=O) groups excluding carboxylic acids is 1. The van der Waals surface area contributed by atoms with E-state index in [-0.39, 0.29) is 23.2 Å². The second-order valence-corrected chi connectivity index (χ2v) is 8.48. The number of halogens is 1. The molecular weight excluding hydrogens is 403 g/mol. The molecule has 4 rings (SSSR count). The number of imidazole rings is 1. The molecule has 9 nitrogen and oxygen atoms in total. The molecule has 2 heterocycles. The zero-order valence-corrected chi connectivity index (χ0v) is 17.6. The quantitative estimate of drug-likeness (QED) is 0.585. The molecule has 1 saturated carbocycles. The summed E-state index contributed by atoms with van der Waals surface area (Å²) in [6.45, 7) is 3.52. The van der Waals surface area contributed by atoms with Gasteiger partial charge in [0.05, 0.1) is 17.4 Å². The zero-order valence-electron chi connectivity index (χ0n) is 17.6. The minimum Gasteiger partial charge on any atom is -0.390 e. The molecule has 1 aliphatic rings. The fourth-order valence-electron chi connectivity index (χ4n) is 4.13. The molecule has 1 aliphatic carbocycles. The molecule has 3 aromatic rings. The molecule has 1 fully saturated rings. The number of fused-ring (bicyclic) bond motifs is 1. The first-order valence-corrected chi connectivity index (χ1v) is 10.1. The van der Waals surface area contributed by atoms with Crippen LogP contribution in [0.15, 0.2) is 23.1 Å². The van der Waals surface area contributed by atoms with Crippen LogP contribution in [0.4, 0.5) is 16.0 Å². The summed E-state index contributed by atoms with van der Waals surface area (Å²) >= 11 is 0. The average Bonchev–Trinajstić information content (AvgIpc) is 2.95. The molecule has 0 radical (unpaired) electrons. The van der Waals surface area contributed by atoms with Crippen molar-refractivity contribution in [3.8, 4) is 0 Å². The highest BCUT2D eigenvalue weighted by molar-refractivity contribution is 5.94.